The van der Waals surface area contributed by atoms with Gasteiger partial charge in [-0.15, -0.1) is 11.3 Å². The van der Waals surface area contributed by atoms with Crippen molar-refractivity contribution in [3.8, 4) is 5.75 Å². The molecule has 0 aliphatic heterocycles. The minimum absolute atomic E-state index is 0.123. The van der Waals surface area contributed by atoms with Gasteiger partial charge in [0.2, 0.25) is 11.8 Å². The molecular weight excluding hydrogens is 464 g/mol. The molecule has 2 atom stereocenters. The maximum absolute atomic E-state index is 13.1. The van der Waals surface area contributed by atoms with E-state index in [-0.39, 0.29) is 29.7 Å². The van der Waals surface area contributed by atoms with Crippen LogP contribution in [0.1, 0.15) is 57.8 Å². The number of aromatic nitrogens is 1. The van der Waals surface area contributed by atoms with Gasteiger partial charge < -0.3 is 21.5 Å². The first-order chi connectivity index (χ1) is 16.8. The predicted molar refractivity (Wildman–Crippen MR) is 135 cm³/mol. The highest BCUT2D eigenvalue weighted by molar-refractivity contribution is 7.12. The molecule has 1 heterocycles. The summed E-state index contributed by atoms with van der Waals surface area (Å²) in [5, 5.41) is 15.8. The van der Waals surface area contributed by atoms with Crippen molar-refractivity contribution < 1.29 is 19.5 Å². The number of thiazole rings is 1. The molecule has 0 aliphatic carbocycles. The van der Waals surface area contributed by atoms with Gasteiger partial charge in [-0.2, -0.15) is 0 Å². The molecule has 3 rings (SSSR count). The highest BCUT2D eigenvalue weighted by Crippen LogP contribution is 2.27. The molecule has 3 aromatic rings. The first-order valence-corrected chi connectivity index (χ1v) is 12.3. The molecule has 2 unspecified atom stereocenters. The summed E-state index contributed by atoms with van der Waals surface area (Å²) in [7, 11) is 0. The van der Waals surface area contributed by atoms with Crippen molar-refractivity contribution in [2.45, 2.75) is 51.6 Å². The highest BCUT2D eigenvalue weighted by atomic mass is 32.1. The second kappa shape index (κ2) is 12.1. The van der Waals surface area contributed by atoms with Crippen LogP contribution >= 0.6 is 11.3 Å². The lowest BCUT2D eigenvalue weighted by Crippen LogP contribution is -2.48. The van der Waals surface area contributed by atoms with Crippen LogP contribution in [0.25, 0.3) is 0 Å². The van der Waals surface area contributed by atoms with Crippen molar-refractivity contribution in [3.05, 3.63) is 81.3 Å². The summed E-state index contributed by atoms with van der Waals surface area (Å²) < 4.78 is 0. The quantitative estimate of drug-likeness (QED) is 0.325. The van der Waals surface area contributed by atoms with Crippen molar-refractivity contribution >= 4 is 29.1 Å². The summed E-state index contributed by atoms with van der Waals surface area (Å²) in [4.78, 5) is 42.2. The van der Waals surface area contributed by atoms with Gasteiger partial charge >= 0.3 is 0 Å². The fourth-order valence-electron chi connectivity index (χ4n) is 3.72. The molecule has 9 heteroatoms. The number of hydrogen-bond acceptors (Lipinski definition) is 6. The number of rotatable bonds is 11. The third-order valence-electron chi connectivity index (χ3n) is 5.52. The summed E-state index contributed by atoms with van der Waals surface area (Å²) in [6.07, 6.45) is 2.15. The summed E-state index contributed by atoms with van der Waals surface area (Å²) >= 11 is 1.37. The molecule has 5 N–H and O–H groups in total. The molecule has 0 saturated carbocycles. The van der Waals surface area contributed by atoms with E-state index in [0.29, 0.717) is 17.8 Å². The molecule has 3 amide bonds. The van der Waals surface area contributed by atoms with Gasteiger partial charge in [-0.1, -0.05) is 49.4 Å². The monoisotopic (exact) mass is 494 g/mol. The van der Waals surface area contributed by atoms with Crippen molar-refractivity contribution in [3.63, 3.8) is 0 Å². The number of nitrogens with zero attached hydrogens (tertiary/aromatic N) is 1. The van der Waals surface area contributed by atoms with E-state index in [1.54, 1.807) is 12.1 Å². The normalized spacial score (nSPS) is 12.5. The van der Waals surface area contributed by atoms with E-state index in [1.807, 2.05) is 37.3 Å². The van der Waals surface area contributed by atoms with Crippen molar-refractivity contribution in [2.24, 2.45) is 5.73 Å². The molecule has 0 bridgehead atoms. The van der Waals surface area contributed by atoms with Gasteiger partial charge in [-0.25, -0.2) is 4.98 Å². The number of amides is 3. The molecule has 184 valence electrons. The third kappa shape index (κ3) is 7.38. The van der Waals surface area contributed by atoms with Gasteiger partial charge in [0, 0.05) is 18.2 Å². The average molecular weight is 495 g/mol. The fraction of sp³-hybridized carbons (Fsp3) is 0.308. The number of hydrogen-bond donors (Lipinski definition) is 4. The third-order valence-corrected chi connectivity index (χ3v) is 6.75. The summed E-state index contributed by atoms with van der Waals surface area (Å²) in [5.74, 6) is -1.16. The Morgan fingerprint density at radius 2 is 1.69 bits per heavy atom. The van der Waals surface area contributed by atoms with Crippen molar-refractivity contribution in [1.82, 2.24) is 15.6 Å². The van der Waals surface area contributed by atoms with Gasteiger partial charge in [0.15, 0.2) is 0 Å². The molecule has 0 fully saturated rings. The number of primary amides is 1. The molecule has 1 aromatic heterocycles. The second-order valence-electron chi connectivity index (χ2n) is 8.27. The molecule has 0 spiro atoms. The van der Waals surface area contributed by atoms with Gasteiger partial charge in [-0.05, 0) is 42.5 Å². The number of phenolic OH excluding ortho intramolecular Hbond substituents is 1. The smallest absolute Gasteiger partial charge is 0.268 e. The summed E-state index contributed by atoms with van der Waals surface area (Å²) in [6, 6.07) is 15.2. The largest absolute Gasteiger partial charge is 0.508 e. The van der Waals surface area contributed by atoms with Crippen molar-refractivity contribution in [1.29, 1.82) is 0 Å². The molecule has 2 aromatic carbocycles. The number of nitrogens with one attached hydrogen (secondary N) is 2. The van der Waals surface area contributed by atoms with Crippen LogP contribution in [0, 0.1) is 0 Å². The summed E-state index contributed by atoms with van der Waals surface area (Å²) in [5.41, 5.74) is 7.76. The lowest BCUT2D eigenvalue weighted by molar-refractivity contribution is -0.128. The van der Waals surface area contributed by atoms with E-state index in [4.69, 9.17) is 5.73 Å². The highest BCUT2D eigenvalue weighted by Gasteiger charge is 2.26. The molecular formula is C26H30N4O4S. The number of benzene rings is 2. The maximum Gasteiger partial charge on any atom is 0.268 e. The first kappa shape index (κ1) is 25.9. The zero-order valence-corrected chi connectivity index (χ0v) is 20.6. The second-order valence-corrected chi connectivity index (χ2v) is 9.38. The zero-order valence-electron chi connectivity index (χ0n) is 19.8. The summed E-state index contributed by atoms with van der Waals surface area (Å²) in [6.45, 7) is 3.26. The van der Waals surface area contributed by atoms with Crippen LogP contribution in [0.2, 0.25) is 0 Å². The lowest BCUT2D eigenvalue weighted by Gasteiger charge is -2.21. The number of aryl methyl sites for hydroxylation is 2. The fourth-order valence-corrected chi connectivity index (χ4v) is 4.92. The van der Waals surface area contributed by atoms with Crippen molar-refractivity contribution in [2.75, 3.05) is 0 Å². The van der Waals surface area contributed by atoms with Crippen LogP contribution in [0.4, 0.5) is 0 Å². The van der Waals surface area contributed by atoms with Crippen LogP contribution in [-0.4, -0.2) is 33.9 Å². The molecule has 35 heavy (non-hydrogen) atoms. The number of aromatic hydroxyl groups is 1. The van der Waals surface area contributed by atoms with Crippen LogP contribution in [0.5, 0.6) is 5.75 Å². The zero-order chi connectivity index (χ0) is 25.4. The molecule has 0 radical (unpaired) electrons. The SMILES string of the molecule is CCC(NC(=O)C(Cc1ccc(O)cc1)NC(C)=O)c1nc(C(N)=O)c(CCc2ccccc2)s1. The van der Waals surface area contributed by atoms with Gasteiger partial charge in [0.05, 0.1) is 6.04 Å². The van der Waals surface area contributed by atoms with E-state index in [9.17, 15) is 19.5 Å². The number of carbonyl (C=O) groups excluding carboxylic acids is 3. The Hall–Kier alpha value is -3.72. The molecule has 0 aliphatic rings. The van der Waals surface area contributed by atoms with E-state index in [0.717, 1.165) is 22.4 Å². The van der Waals surface area contributed by atoms with E-state index >= 15 is 0 Å². The van der Waals surface area contributed by atoms with Crippen LogP contribution in [0.3, 0.4) is 0 Å². The van der Waals surface area contributed by atoms with Crippen LogP contribution in [-0.2, 0) is 28.9 Å². The van der Waals surface area contributed by atoms with Gasteiger partial charge in [0.25, 0.3) is 5.91 Å². The average Bonchev–Trinajstić information content (AvgIpc) is 3.27. The minimum Gasteiger partial charge on any atom is -0.508 e. The van der Waals surface area contributed by atoms with Crippen LogP contribution < -0.4 is 16.4 Å². The Balaban J connectivity index is 1.76. The van der Waals surface area contributed by atoms with E-state index < -0.39 is 18.0 Å². The number of phenols is 1. The molecule has 8 nitrogen and oxygen atoms in total. The topological polar surface area (TPSA) is 134 Å². The maximum atomic E-state index is 13.1. The Labute approximate surface area is 208 Å². The number of carbonyl (C=O) groups is 3. The van der Waals surface area contributed by atoms with Gasteiger partial charge in [0.1, 0.15) is 22.5 Å². The predicted octanol–water partition coefficient (Wildman–Crippen LogP) is 3.05. The number of nitrogens with two attached hydrogens (primary N) is 1. The van der Waals surface area contributed by atoms with E-state index in [1.165, 1.54) is 30.4 Å². The van der Waals surface area contributed by atoms with E-state index in [2.05, 4.69) is 15.6 Å². The Kier molecular flexibility index (Phi) is 8.97. The Morgan fingerprint density at radius 3 is 2.29 bits per heavy atom. The first-order valence-electron chi connectivity index (χ1n) is 11.5. The Morgan fingerprint density at radius 1 is 1.00 bits per heavy atom. The van der Waals surface area contributed by atoms with Crippen LogP contribution in [0.15, 0.2) is 54.6 Å². The standard InChI is InChI=1S/C26H30N4O4S/c1-3-20(29-25(34)21(28-16(2)31)15-18-9-12-19(32)13-10-18)26-30-23(24(27)33)22(35-26)14-11-17-7-5-4-6-8-17/h4-10,12-13,20-21,32H,3,11,14-15H2,1-2H3,(H2,27,33)(H,28,31)(H,29,34). The lowest BCUT2D eigenvalue weighted by atomic mass is 10.0. The van der Waals surface area contributed by atoms with Gasteiger partial charge in [-0.3, -0.25) is 14.4 Å². The Bertz CT molecular complexity index is 1160. The molecule has 0 saturated heterocycles. The minimum atomic E-state index is -0.806.